The molecule has 1 aromatic heterocycles. The predicted molar refractivity (Wildman–Crippen MR) is 80.1 cm³/mol. The molecule has 0 spiro atoms. The molecule has 5 heteroatoms. The Kier molecular flexibility index (Phi) is 4.93. The van der Waals surface area contributed by atoms with Crippen LogP contribution in [0.3, 0.4) is 0 Å². The number of rotatable bonds is 6. The van der Waals surface area contributed by atoms with Gasteiger partial charge in [-0.15, -0.1) is 6.58 Å². The number of ether oxygens (including phenoxy) is 1. The average molecular weight is 284 g/mol. The Morgan fingerprint density at radius 2 is 1.95 bits per heavy atom. The smallest absolute Gasteiger partial charge is 0.355 e. The highest BCUT2D eigenvalue weighted by Gasteiger charge is 2.17. The number of amides is 1. The van der Waals surface area contributed by atoms with Crippen molar-refractivity contribution < 1.29 is 14.3 Å². The molecule has 2 aromatic rings. The molecule has 0 fully saturated rings. The molecule has 1 N–H and O–H groups in total. The predicted octanol–water partition coefficient (Wildman–Crippen LogP) is 2.39. The summed E-state index contributed by atoms with van der Waals surface area (Å²) in [6.45, 7) is 3.67. The highest BCUT2D eigenvalue weighted by atomic mass is 16.5. The van der Waals surface area contributed by atoms with Crippen LogP contribution in [-0.2, 0) is 9.53 Å². The van der Waals surface area contributed by atoms with Crippen molar-refractivity contribution in [3.63, 3.8) is 0 Å². The van der Waals surface area contributed by atoms with E-state index in [4.69, 9.17) is 4.74 Å². The number of nitrogens with one attached hydrogen (secondary N) is 1. The third-order valence-electron chi connectivity index (χ3n) is 2.83. The van der Waals surface area contributed by atoms with Gasteiger partial charge in [-0.1, -0.05) is 24.3 Å². The third kappa shape index (κ3) is 3.82. The van der Waals surface area contributed by atoms with Gasteiger partial charge in [0.1, 0.15) is 5.69 Å². The minimum Gasteiger partial charge on any atom is -0.451 e. The van der Waals surface area contributed by atoms with Gasteiger partial charge in [0.2, 0.25) is 0 Å². The van der Waals surface area contributed by atoms with Crippen molar-refractivity contribution in [2.75, 3.05) is 18.1 Å². The van der Waals surface area contributed by atoms with E-state index in [1.807, 2.05) is 30.3 Å². The maximum absolute atomic E-state index is 12.2. The first-order valence-corrected chi connectivity index (χ1v) is 6.49. The molecule has 1 amide bonds. The maximum atomic E-state index is 12.2. The normalized spacial score (nSPS) is 9.90. The van der Waals surface area contributed by atoms with Crippen LogP contribution in [0.25, 0.3) is 0 Å². The van der Waals surface area contributed by atoms with Gasteiger partial charge in [0.25, 0.3) is 5.91 Å². The Balaban J connectivity index is 1.99. The van der Waals surface area contributed by atoms with Crippen LogP contribution in [0.2, 0.25) is 0 Å². The molecule has 0 unspecified atom stereocenters. The van der Waals surface area contributed by atoms with E-state index in [1.54, 1.807) is 24.4 Å². The molecular formula is C16H16N2O3. The molecule has 0 saturated carbocycles. The zero-order valence-corrected chi connectivity index (χ0v) is 11.5. The summed E-state index contributed by atoms with van der Waals surface area (Å²) < 4.78 is 5.00. The molecular weight excluding hydrogens is 268 g/mol. The molecule has 21 heavy (non-hydrogen) atoms. The molecule has 2 rings (SSSR count). The number of H-pyrrole nitrogens is 1. The quantitative estimate of drug-likeness (QED) is 0.654. The van der Waals surface area contributed by atoms with Crippen LogP contribution in [-0.4, -0.2) is 30.0 Å². The van der Waals surface area contributed by atoms with Crippen molar-refractivity contribution in [2.45, 2.75) is 0 Å². The van der Waals surface area contributed by atoms with Gasteiger partial charge in [0, 0.05) is 18.4 Å². The summed E-state index contributed by atoms with van der Waals surface area (Å²) in [5.41, 5.74) is 1.05. The topological polar surface area (TPSA) is 62.4 Å². The van der Waals surface area contributed by atoms with Crippen molar-refractivity contribution >= 4 is 17.6 Å². The number of benzene rings is 1. The molecule has 0 aliphatic rings. The van der Waals surface area contributed by atoms with Gasteiger partial charge in [-0.3, -0.25) is 4.79 Å². The summed E-state index contributed by atoms with van der Waals surface area (Å²) in [4.78, 5) is 28.1. The molecule has 0 bridgehead atoms. The lowest BCUT2D eigenvalue weighted by molar-refractivity contribution is -0.121. The van der Waals surface area contributed by atoms with E-state index >= 15 is 0 Å². The van der Waals surface area contributed by atoms with Gasteiger partial charge < -0.3 is 14.6 Å². The number of carbonyl (C=O) groups excluding carboxylic acids is 2. The van der Waals surface area contributed by atoms with E-state index in [2.05, 4.69) is 11.6 Å². The van der Waals surface area contributed by atoms with Gasteiger partial charge in [-0.05, 0) is 24.3 Å². The van der Waals surface area contributed by atoms with Gasteiger partial charge in [-0.25, -0.2) is 4.79 Å². The van der Waals surface area contributed by atoms with Crippen LogP contribution >= 0.6 is 0 Å². The van der Waals surface area contributed by atoms with Crippen LogP contribution in [0.1, 0.15) is 10.5 Å². The number of hydrogen-bond acceptors (Lipinski definition) is 3. The third-order valence-corrected chi connectivity index (χ3v) is 2.83. The summed E-state index contributed by atoms with van der Waals surface area (Å²) in [6, 6.07) is 12.4. The Labute approximate surface area is 122 Å². The van der Waals surface area contributed by atoms with Gasteiger partial charge >= 0.3 is 5.97 Å². The fraction of sp³-hybridized carbons (Fsp3) is 0.125. The molecule has 0 aliphatic heterocycles. The van der Waals surface area contributed by atoms with Crippen LogP contribution in [0.15, 0.2) is 61.3 Å². The summed E-state index contributed by atoms with van der Waals surface area (Å²) in [7, 11) is 0. The van der Waals surface area contributed by atoms with Gasteiger partial charge in [-0.2, -0.15) is 0 Å². The summed E-state index contributed by atoms with van der Waals surface area (Å²) >= 11 is 0. The molecule has 0 aliphatic carbocycles. The number of esters is 1. The summed E-state index contributed by atoms with van der Waals surface area (Å²) in [6.07, 6.45) is 3.24. The van der Waals surface area contributed by atoms with Crippen LogP contribution in [0.5, 0.6) is 0 Å². The first-order valence-electron chi connectivity index (χ1n) is 6.49. The van der Waals surface area contributed by atoms with Crippen molar-refractivity contribution in [1.82, 2.24) is 4.98 Å². The fourth-order valence-corrected chi connectivity index (χ4v) is 1.83. The monoisotopic (exact) mass is 284 g/mol. The standard InChI is InChI=1S/C16H16N2O3/c1-2-11-18(13-7-4-3-5-8-13)15(19)12-21-16(20)14-9-6-10-17-14/h2-10,17H,1,11-12H2. The SMILES string of the molecule is C=CCN(C(=O)COC(=O)c1ccc[nH]1)c1ccccc1. The van der Waals surface area contributed by atoms with Gasteiger partial charge in [0.15, 0.2) is 6.61 Å². The number of anilines is 1. The molecule has 0 radical (unpaired) electrons. The highest BCUT2D eigenvalue weighted by molar-refractivity contribution is 5.96. The minimum atomic E-state index is -0.556. The largest absolute Gasteiger partial charge is 0.451 e. The lowest BCUT2D eigenvalue weighted by atomic mass is 10.3. The second kappa shape index (κ2) is 7.09. The second-order valence-electron chi connectivity index (χ2n) is 4.29. The lowest BCUT2D eigenvalue weighted by Gasteiger charge is -2.20. The Bertz CT molecular complexity index is 606. The van der Waals surface area contributed by atoms with Crippen LogP contribution < -0.4 is 4.90 Å². The first-order chi connectivity index (χ1) is 10.2. The number of hydrogen-bond donors (Lipinski definition) is 1. The van der Waals surface area contributed by atoms with Gasteiger partial charge in [0.05, 0.1) is 0 Å². The molecule has 108 valence electrons. The Morgan fingerprint density at radius 1 is 1.19 bits per heavy atom. The van der Waals surface area contributed by atoms with E-state index in [0.29, 0.717) is 12.2 Å². The number of para-hydroxylation sites is 1. The molecule has 1 aromatic carbocycles. The zero-order valence-electron chi connectivity index (χ0n) is 11.5. The summed E-state index contributed by atoms with van der Waals surface area (Å²) in [5, 5.41) is 0. The van der Waals surface area contributed by atoms with Crippen LogP contribution in [0.4, 0.5) is 5.69 Å². The first kappa shape index (κ1) is 14.6. The Morgan fingerprint density at radius 3 is 2.57 bits per heavy atom. The molecule has 1 heterocycles. The number of aromatic nitrogens is 1. The van der Waals surface area contributed by atoms with E-state index in [-0.39, 0.29) is 12.5 Å². The van der Waals surface area contributed by atoms with Crippen molar-refractivity contribution in [3.05, 3.63) is 67.0 Å². The van der Waals surface area contributed by atoms with E-state index in [9.17, 15) is 9.59 Å². The fourth-order valence-electron chi connectivity index (χ4n) is 1.83. The average Bonchev–Trinajstić information content (AvgIpc) is 3.05. The van der Waals surface area contributed by atoms with Crippen molar-refractivity contribution in [2.24, 2.45) is 0 Å². The maximum Gasteiger partial charge on any atom is 0.355 e. The van der Waals surface area contributed by atoms with E-state index in [1.165, 1.54) is 4.90 Å². The molecule has 0 atom stereocenters. The number of nitrogens with zero attached hydrogens (tertiary/aromatic N) is 1. The highest BCUT2D eigenvalue weighted by Crippen LogP contribution is 2.13. The van der Waals surface area contributed by atoms with E-state index < -0.39 is 5.97 Å². The molecule has 5 nitrogen and oxygen atoms in total. The Hall–Kier alpha value is -2.82. The van der Waals surface area contributed by atoms with Crippen molar-refractivity contribution in [1.29, 1.82) is 0 Å². The minimum absolute atomic E-state index is 0.305. The van der Waals surface area contributed by atoms with Crippen molar-refractivity contribution in [3.8, 4) is 0 Å². The number of aromatic amines is 1. The number of carbonyl (C=O) groups is 2. The van der Waals surface area contributed by atoms with E-state index in [0.717, 1.165) is 5.69 Å². The lowest BCUT2D eigenvalue weighted by Crippen LogP contribution is -2.34. The zero-order chi connectivity index (χ0) is 15.1. The second-order valence-corrected chi connectivity index (χ2v) is 4.29. The van der Waals surface area contributed by atoms with Crippen LogP contribution in [0, 0.1) is 0 Å². The summed E-state index contributed by atoms with van der Waals surface area (Å²) in [5.74, 6) is -0.860. The molecule has 0 saturated heterocycles.